The molecule has 0 saturated heterocycles. The third-order valence-electron chi connectivity index (χ3n) is 2.22. The molecule has 94 valence electrons. The molecule has 1 heterocycles. The van der Waals surface area contributed by atoms with Crippen molar-refractivity contribution in [2.75, 3.05) is 0 Å². The van der Waals surface area contributed by atoms with E-state index in [9.17, 15) is 4.79 Å². The average molecular weight is 501 g/mol. The van der Waals surface area contributed by atoms with Crippen molar-refractivity contribution < 1.29 is 4.79 Å². The highest BCUT2D eigenvalue weighted by Gasteiger charge is 2.10. The van der Waals surface area contributed by atoms with Gasteiger partial charge in [-0.2, -0.15) is 0 Å². The summed E-state index contributed by atoms with van der Waals surface area (Å²) in [6.07, 6.45) is 0. The number of rotatable bonds is 3. The van der Waals surface area contributed by atoms with Gasteiger partial charge in [0.25, 0.3) is 5.91 Å². The van der Waals surface area contributed by atoms with Gasteiger partial charge in [0, 0.05) is 22.8 Å². The standard InChI is InChI=1S/C12H8Br2INOS/c13-7-1-2-11(15)10(4-7)12(17)16-5-9-3-8(14)6-18-9/h1-4,6H,5H2,(H,16,17). The molecule has 1 amide bonds. The van der Waals surface area contributed by atoms with Crippen molar-refractivity contribution in [2.24, 2.45) is 0 Å². The number of thiophene rings is 1. The van der Waals surface area contributed by atoms with Gasteiger partial charge in [-0.05, 0) is 62.8 Å². The molecule has 1 aromatic carbocycles. The molecule has 0 aliphatic heterocycles. The van der Waals surface area contributed by atoms with E-state index >= 15 is 0 Å². The summed E-state index contributed by atoms with van der Waals surface area (Å²) >= 11 is 10.6. The highest BCUT2D eigenvalue weighted by molar-refractivity contribution is 14.1. The summed E-state index contributed by atoms with van der Waals surface area (Å²) in [6.45, 7) is 0.553. The molecule has 0 fully saturated rings. The van der Waals surface area contributed by atoms with E-state index in [0.29, 0.717) is 12.1 Å². The van der Waals surface area contributed by atoms with Crippen LogP contribution in [0.1, 0.15) is 15.2 Å². The average Bonchev–Trinajstić information content (AvgIpc) is 2.75. The molecule has 1 N–H and O–H groups in total. The molecule has 0 atom stereocenters. The van der Waals surface area contributed by atoms with E-state index in [1.807, 2.05) is 29.6 Å². The number of amides is 1. The first kappa shape index (κ1) is 14.5. The lowest BCUT2D eigenvalue weighted by molar-refractivity contribution is 0.0950. The van der Waals surface area contributed by atoms with Crippen LogP contribution in [0.5, 0.6) is 0 Å². The molecule has 0 unspecified atom stereocenters. The molecule has 0 radical (unpaired) electrons. The summed E-state index contributed by atoms with van der Waals surface area (Å²) in [7, 11) is 0. The summed E-state index contributed by atoms with van der Waals surface area (Å²) in [6, 6.07) is 7.69. The van der Waals surface area contributed by atoms with Crippen LogP contribution in [0.15, 0.2) is 38.6 Å². The quantitative estimate of drug-likeness (QED) is 0.602. The summed E-state index contributed by atoms with van der Waals surface area (Å²) < 4.78 is 2.90. The first-order chi connectivity index (χ1) is 8.56. The summed E-state index contributed by atoms with van der Waals surface area (Å²) in [5.74, 6) is -0.0507. The van der Waals surface area contributed by atoms with E-state index < -0.39 is 0 Å². The van der Waals surface area contributed by atoms with Gasteiger partial charge in [0.2, 0.25) is 0 Å². The molecule has 18 heavy (non-hydrogen) atoms. The highest BCUT2D eigenvalue weighted by atomic mass is 127. The lowest BCUT2D eigenvalue weighted by Crippen LogP contribution is -2.23. The lowest BCUT2D eigenvalue weighted by atomic mass is 10.2. The maximum Gasteiger partial charge on any atom is 0.252 e. The molecule has 0 saturated carbocycles. The fourth-order valence-electron chi connectivity index (χ4n) is 1.38. The fourth-order valence-corrected chi connectivity index (χ4v) is 3.71. The van der Waals surface area contributed by atoms with Gasteiger partial charge < -0.3 is 5.32 Å². The Balaban J connectivity index is 2.05. The Bertz CT molecular complexity index is 585. The summed E-state index contributed by atoms with van der Waals surface area (Å²) in [4.78, 5) is 13.2. The van der Waals surface area contributed by atoms with Crippen LogP contribution in [-0.4, -0.2) is 5.91 Å². The van der Waals surface area contributed by atoms with Gasteiger partial charge in [-0.25, -0.2) is 0 Å². The predicted octanol–water partition coefficient (Wildman–Crippen LogP) is 4.81. The van der Waals surface area contributed by atoms with Crippen molar-refractivity contribution in [3.8, 4) is 0 Å². The van der Waals surface area contributed by atoms with Crippen molar-refractivity contribution >= 4 is 71.7 Å². The monoisotopic (exact) mass is 499 g/mol. The van der Waals surface area contributed by atoms with Crippen LogP contribution in [-0.2, 0) is 6.54 Å². The van der Waals surface area contributed by atoms with Gasteiger partial charge in [-0.3, -0.25) is 4.79 Å². The summed E-state index contributed by atoms with van der Waals surface area (Å²) in [5, 5.41) is 4.93. The van der Waals surface area contributed by atoms with E-state index in [2.05, 4.69) is 59.8 Å². The Morgan fingerprint density at radius 2 is 2.06 bits per heavy atom. The SMILES string of the molecule is O=C(NCc1cc(Br)cs1)c1cc(Br)ccc1I. The minimum atomic E-state index is -0.0507. The Morgan fingerprint density at radius 1 is 1.28 bits per heavy atom. The van der Waals surface area contributed by atoms with E-state index in [4.69, 9.17) is 0 Å². The molecule has 2 rings (SSSR count). The number of carbonyl (C=O) groups is 1. The lowest BCUT2D eigenvalue weighted by Gasteiger charge is -2.06. The number of benzene rings is 1. The molecule has 2 nitrogen and oxygen atoms in total. The fraction of sp³-hybridized carbons (Fsp3) is 0.0833. The van der Waals surface area contributed by atoms with Crippen LogP contribution in [0.3, 0.4) is 0 Å². The topological polar surface area (TPSA) is 29.1 Å². The molecule has 6 heteroatoms. The van der Waals surface area contributed by atoms with Crippen LogP contribution < -0.4 is 5.32 Å². The van der Waals surface area contributed by atoms with Crippen molar-refractivity contribution in [1.29, 1.82) is 0 Å². The summed E-state index contributed by atoms with van der Waals surface area (Å²) in [5.41, 5.74) is 0.695. The van der Waals surface area contributed by atoms with Crippen LogP contribution in [0.2, 0.25) is 0 Å². The van der Waals surface area contributed by atoms with E-state index in [0.717, 1.165) is 17.4 Å². The van der Waals surface area contributed by atoms with Gasteiger partial charge in [-0.15, -0.1) is 11.3 Å². The third kappa shape index (κ3) is 3.79. The molecule has 0 aliphatic rings. The molecular formula is C12H8Br2INOS. The second kappa shape index (κ2) is 6.49. The third-order valence-corrected chi connectivity index (χ3v) is 5.35. The van der Waals surface area contributed by atoms with Gasteiger partial charge >= 0.3 is 0 Å². The van der Waals surface area contributed by atoms with E-state index in [1.54, 1.807) is 11.3 Å². The number of halogens is 3. The van der Waals surface area contributed by atoms with Crippen molar-refractivity contribution in [2.45, 2.75) is 6.54 Å². The zero-order chi connectivity index (χ0) is 13.1. The van der Waals surface area contributed by atoms with Gasteiger partial charge in [0.05, 0.1) is 12.1 Å². The largest absolute Gasteiger partial charge is 0.347 e. The van der Waals surface area contributed by atoms with Crippen molar-refractivity contribution in [3.05, 3.63) is 52.6 Å². The molecule has 0 spiro atoms. The maximum atomic E-state index is 12.1. The number of hydrogen-bond donors (Lipinski definition) is 1. The second-order valence-corrected chi connectivity index (χ2v) is 7.53. The Labute approximate surface area is 140 Å². The molecule has 0 bridgehead atoms. The number of nitrogens with one attached hydrogen (secondary N) is 1. The smallest absolute Gasteiger partial charge is 0.252 e. The zero-order valence-electron chi connectivity index (χ0n) is 9.04. The molecule has 2 aromatic rings. The zero-order valence-corrected chi connectivity index (χ0v) is 15.2. The normalized spacial score (nSPS) is 10.4. The Kier molecular flexibility index (Phi) is 5.23. The van der Waals surface area contributed by atoms with Gasteiger partial charge in [0.15, 0.2) is 0 Å². The molecular weight excluding hydrogens is 493 g/mol. The van der Waals surface area contributed by atoms with E-state index in [1.165, 1.54) is 0 Å². The van der Waals surface area contributed by atoms with Crippen LogP contribution in [0.25, 0.3) is 0 Å². The van der Waals surface area contributed by atoms with Crippen LogP contribution >= 0.6 is 65.8 Å². The van der Waals surface area contributed by atoms with E-state index in [-0.39, 0.29) is 5.91 Å². The number of carbonyl (C=O) groups excluding carboxylic acids is 1. The van der Waals surface area contributed by atoms with Crippen LogP contribution in [0, 0.1) is 3.57 Å². The first-order valence-electron chi connectivity index (χ1n) is 5.02. The van der Waals surface area contributed by atoms with Crippen molar-refractivity contribution in [1.82, 2.24) is 5.32 Å². The minimum Gasteiger partial charge on any atom is -0.347 e. The minimum absolute atomic E-state index is 0.0507. The molecule has 1 aromatic heterocycles. The number of hydrogen-bond acceptors (Lipinski definition) is 2. The Morgan fingerprint density at radius 3 is 2.72 bits per heavy atom. The highest BCUT2D eigenvalue weighted by Crippen LogP contribution is 2.21. The maximum absolute atomic E-state index is 12.1. The van der Waals surface area contributed by atoms with Crippen molar-refractivity contribution in [3.63, 3.8) is 0 Å². The predicted molar refractivity (Wildman–Crippen MR) is 90.0 cm³/mol. The van der Waals surface area contributed by atoms with Crippen LogP contribution in [0.4, 0.5) is 0 Å². The second-order valence-electron chi connectivity index (χ2n) is 3.54. The van der Waals surface area contributed by atoms with Gasteiger partial charge in [-0.1, -0.05) is 15.9 Å². The van der Waals surface area contributed by atoms with Gasteiger partial charge in [0.1, 0.15) is 0 Å². The first-order valence-corrected chi connectivity index (χ1v) is 8.57. The molecule has 0 aliphatic carbocycles. The Hall–Kier alpha value is 0.0800.